The van der Waals surface area contributed by atoms with Crippen molar-refractivity contribution in [2.45, 2.75) is 31.5 Å². The second-order valence-corrected chi connectivity index (χ2v) is 3.78. The van der Waals surface area contributed by atoms with Gasteiger partial charge in [-0.2, -0.15) is 0 Å². The van der Waals surface area contributed by atoms with Crippen molar-refractivity contribution in [3.63, 3.8) is 0 Å². The van der Waals surface area contributed by atoms with Crippen LogP contribution in [-0.2, 0) is 4.74 Å². The van der Waals surface area contributed by atoms with Gasteiger partial charge in [0.2, 0.25) is 0 Å². The average Bonchev–Trinajstić information content (AvgIpc) is 2.79. The van der Waals surface area contributed by atoms with E-state index in [1.807, 2.05) is 0 Å². The summed E-state index contributed by atoms with van der Waals surface area (Å²) in [5.41, 5.74) is 5.14. The normalized spacial score (nSPS) is 34.2. The number of imidazole rings is 1. The second kappa shape index (κ2) is 3.85. The van der Waals surface area contributed by atoms with Gasteiger partial charge < -0.3 is 25.3 Å². The summed E-state index contributed by atoms with van der Waals surface area (Å²) in [5.74, 6) is -0.653. The Balaban J connectivity index is 2.21. The molecule has 1 aromatic heterocycles. The quantitative estimate of drug-likeness (QED) is 0.576. The van der Waals surface area contributed by atoms with Crippen molar-refractivity contribution < 1.29 is 19.7 Å². The second-order valence-electron chi connectivity index (χ2n) is 3.78. The Bertz CT molecular complexity index is 405. The molecule has 0 aromatic carbocycles. The van der Waals surface area contributed by atoms with Gasteiger partial charge in [-0.25, -0.2) is 4.98 Å². The van der Waals surface area contributed by atoms with Gasteiger partial charge in [-0.15, -0.1) is 0 Å². The lowest BCUT2D eigenvalue weighted by Gasteiger charge is -2.15. The van der Waals surface area contributed by atoms with Crippen molar-refractivity contribution in [2.24, 2.45) is 5.73 Å². The van der Waals surface area contributed by atoms with Gasteiger partial charge in [0.25, 0.3) is 5.91 Å². The number of aromatic nitrogens is 2. The minimum absolute atomic E-state index is 0.0878. The number of carbonyl (C=O) groups is 1. The monoisotopic (exact) mass is 227 g/mol. The van der Waals surface area contributed by atoms with E-state index in [1.54, 1.807) is 6.92 Å². The first kappa shape index (κ1) is 11.1. The number of aliphatic hydroxyl groups excluding tert-OH is 2. The zero-order valence-electron chi connectivity index (χ0n) is 8.65. The summed E-state index contributed by atoms with van der Waals surface area (Å²) in [7, 11) is 0. The SMILES string of the molecule is CC1OC(n2cnc(C(N)=O)c2)C(O)C1O. The molecule has 4 atom stereocenters. The average molecular weight is 227 g/mol. The lowest BCUT2D eigenvalue weighted by Crippen LogP contribution is -2.30. The first-order valence-corrected chi connectivity index (χ1v) is 4.85. The van der Waals surface area contributed by atoms with Gasteiger partial charge in [0.05, 0.1) is 12.4 Å². The zero-order chi connectivity index (χ0) is 11.9. The topological polar surface area (TPSA) is 111 Å². The van der Waals surface area contributed by atoms with Gasteiger partial charge in [0.15, 0.2) is 6.23 Å². The van der Waals surface area contributed by atoms with Crippen LogP contribution in [0.1, 0.15) is 23.6 Å². The Labute approximate surface area is 91.5 Å². The smallest absolute Gasteiger partial charge is 0.268 e. The van der Waals surface area contributed by atoms with Crippen LogP contribution in [0.2, 0.25) is 0 Å². The van der Waals surface area contributed by atoms with Crippen LogP contribution in [0.5, 0.6) is 0 Å². The number of hydrogen-bond acceptors (Lipinski definition) is 5. The third-order valence-corrected chi connectivity index (χ3v) is 2.62. The summed E-state index contributed by atoms with van der Waals surface area (Å²) in [6.07, 6.45) is -0.515. The lowest BCUT2D eigenvalue weighted by molar-refractivity contribution is -0.0322. The molecule has 0 spiro atoms. The van der Waals surface area contributed by atoms with E-state index >= 15 is 0 Å². The summed E-state index contributed by atoms with van der Waals surface area (Å²) in [5, 5.41) is 19.2. The van der Waals surface area contributed by atoms with Crippen LogP contribution in [0.15, 0.2) is 12.5 Å². The number of aliphatic hydroxyl groups is 2. The van der Waals surface area contributed by atoms with E-state index in [0.29, 0.717) is 0 Å². The van der Waals surface area contributed by atoms with Crippen LogP contribution in [0.4, 0.5) is 0 Å². The fraction of sp³-hybridized carbons (Fsp3) is 0.556. The number of nitrogens with zero attached hydrogens (tertiary/aromatic N) is 2. The number of amides is 1. The molecule has 1 saturated heterocycles. The molecule has 4 N–H and O–H groups in total. The molecule has 2 rings (SSSR count). The number of hydrogen-bond donors (Lipinski definition) is 3. The highest BCUT2D eigenvalue weighted by Crippen LogP contribution is 2.28. The molecule has 1 aromatic rings. The number of primary amides is 1. The molecule has 7 nitrogen and oxygen atoms in total. The molecule has 1 aliphatic heterocycles. The van der Waals surface area contributed by atoms with Gasteiger partial charge in [-0.3, -0.25) is 4.79 Å². The first-order valence-electron chi connectivity index (χ1n) is 4.85. The number of rotatable bonds is 2. The van der Waals surface area contributed by atoms with E-state index in [4.69, 9.17) is 10.5 Å². The minimum atomic E-state index is -1.05. The maximum atomic E-state index is 10.8. The molecule has 2 heterocycles. The van der Waals surface area contributed by atoms with Crippen LogP contribution in [0.25, 0.3) is 0 Å². The Morgan fingerprint density at radius 1 is 1.56 bits per heavy atom. The van der Waals surface area contributed by atoms with Gasteiger partial charge in [0, 0.05) is 6.20 Å². The fourth-order valence-electron chi connectivity index (χ4n) is 1.68. The van der Waals surface area contributed by atoms with Crippen molar-refractivity contribution >= 4 is 5.91 Å². The molecular formula is C9H13N3O4. The van der Waals surface area contributed by atoms with Crippen molar-refractivity contribution in [1.82, 2.24) is 9.55 Å². The van der Waals surface area contributed by atoms with Gasteiger partial charge in [0.1, 0.15) is 17.9 Å². The molecule has 4 unspecified atom stereocenters. The number of ether oxygens (including phenoxy) is 1. The largest absolute Gasteiger partial charge is 0.388 e. The van der Waals surface area contributed by atoms with Gasteiger partial charge >= 0.3 is 0 Å². The van der Waals surface area contributed by atoms with Crippen LogP contribution in [-0.4, -0.2) is 44.0 Å². The maximum Gasteiger partial charge on any atom is 0.268 e. The van der Waals surface area contributed by atoms with E-state index in [2.05, 4.69) is 4.98 Å². The summed E-state index contributed by atoms with van der Waals surface area (Å²) in [6.45, 7) is 1.65. The Morgan fingerprint density at radius 3 is 2.69 bits per heavy atom. The van der Waals surface area contributed by atoms with Crippen molar-refractivity contribution in [1.29, 1.82) is 0 Å². The van der Waals surface area contributed by atoms with E-state index in [1.165, 1.54) is 17.1 Å². The summed E-state index contributed by atoms with van der Waals surface area (Å²) < 4.78 is 6.75. The van der Waals surface area contributed by atoms with Crippen LogP contribution in [0, 0.1) is 0 Å². The number of carbonyl (C=O) groups excluding carboxylic acids is 1. The molecule has 0 saturated carbocycles. The fourth-order valence-corrected chi connectivity index (χ4v) is 1.68. The summed E-state index contributed by atoms with van der Waals surface area (Å²) in [6, 6.07) is 0. The minimum Gasteiger partial charge on any atom is -0.388 e. The van der Waals surface area contributed by atoms with Crippen molar-refractivity contribution in [3.8, 4) is 0 Å². The first-order chi connectivity index (χ1) is 7.50. The molecule has 1 amide bonds. The predicted molar refractivity (Wildman–Crippen MR) is 52.3 cm³/mol. The Hall–Kier alpha value is -1.44. The van der Waals surface area contributed by atoms with Crippen LogP contribution < -0.4 is 5.73 Å². The molecule has 0 radical (unpaired) electrons. The maximum absolute atomic E-state index is 10.8. The highest BCUT2D eigenvalue weighted by molar-refractivity contribution is 5.90. The molecule has 88 valence electrons. The molecule has 1 aliphatic rings. The van der Waals surface area contributed by atoms with E-state index in [9.17, 15) is 15.0 Å². The highest BCUT2D eigenvalue weighted by atomic mass is 16.6. The molecule has 1 fully saturated rings. The lowest BCUT2D eigenvalue weighted by atomic mass is 10.1. The Kier molecular flexibility index (Phi) is 2.66. The zero-order valence-corrected chi connectivity index (χ0v) is 8.65. The van der Waals surface area contributed by atoms with E-state index in [-0.39, 0.29) is 5.69 Å². The molecule has 0 aliphatic carbocycles. The summed E-state index contributed by atoms with van der Waals surface area (Å²) in [4.78, 5) is 14.6. The van der Waals surface area contributed by atoms with E-state index in [0.717, 1.165) is 0 Å². The van der Waals surface area contributed by atoms with Crippen molar-refractivity contribution in [3.05, 3.63) is 18.2 Å². The molecular weight excluding hydrogens is 214 g/mol. The standard InChI is InChI=1S/C9H13N3O4/c1-4-6(13)7(14)9(16-4)12-2-5(8(10)15)11-3-12/h2-4,6-7,9,13-14H,1H3,(H2,10,15). The summed E-state index contributed by atoms with van der Waals surface area (Å²) >= 11 is 0. The van der Waals surface area contributed by atoms with Gasteiger partial charge in [-0.05, 0) is 6.92 Å². The molecule has 0 bridgehead atoms. The third-order valence-electron chi connectivity index (χ3n) is 2.62. The van der Waals surface area contributed by atoms with Gasteiger partial charge in [-0.1, -0.05) is 0 Å². The van der Waals surface area contributed by atoms with Crippen LogP contribution >= 0.6 is 0 Å². The molecule has 7 heteroatoms. The predicted octanol–water partition coefficient (Wildman–Crippen LogP) is -1.38. The van der Waals surface area contributed by atoms with Crippen LogP contribution in [0.3, 0.4) is 0 Å². The van der Waals surface area contributed by atoms with Crippen molar-refractivity contribution in [2.75, 3.05) is 0 Å². The highest BCUT2D eigenvalue weighted by Gasteiger charge is 2.41. The van der Waals surface area contributed by atoms with E-state index < -0.39 is 30.4 Å². The molecule has 16 heavy (non-hydrogen) atoms. The Morgan fingerprint density at radius 2 is 2.25 bits per heavy atom. The number of nitrogens with two attached hydrogens (primary N) is 1. The third kappa shape index (κ3) is 1.69.